The van der Waals surface area contributed by atoms with Crippen molar-refractivity contribution < 1.29 is 43.0 Å². The predicted octanol–water partition coefficient (Wildman–Crippen LogP) is 3.64. The van der Waals surface area contributed by atoms with Gasteiger partial charge in [0.25, 0.3) is 11.8 Å². The molecule has 0 spiro atoms. The van der Waals surface area contributed by atoms with Crippen LogP contribution in [0.3, 0.4) is 0 Å². The first-order valence-corrected chi connectivity index (χ1v) is 16.7. The van der Waals surface area contributed by atoms with E-state index in [1.165, 1.54) is 11.9 Å². The molecule has 0 radical (unpaired) electrons. The van der Waals surface area contributed by atoms with Gasteiger partial charge in [0.05, 0.1) is 0 Å². The Bertz CT molecular complexity index is 1070. The Morgan fingerprint density at radius 1 is 0.565 bits per heavy atom. The first-order valence-electron chi connectivity index (χ1n) is 16.7. The van der Waals surface area contributed by atoms with Crippen LogP contribution in [0.1, 0.15) is 102 Å². The highest BCUT2D eigenvalue weighted by molar-refractivity contribution is 5.94. The second kappa shape index (κ2) is 18.2. The quantitative estimate of drug-likeness (QED) is 0.280. The van der Waals surface area contributed by atoms with Crippen LogP contribution in [0.15, 0.2) is 0 Å². The fraction of sp³-hybridized carbons (Fsp3) is 0.824. The summed E-state index contributed by atoms with van der Waals surface area (Å²) in [6.07, 6.45) is -3.38. The molecule has 2 N–H and O–H groups in total. The summed E-state index contributed by atoms with van der Waals surface area (Å²) in [5, 5.41) is 5.43. The van der Waals surface area contributed by atoms with Crippen LogP contribution in [-0.2, 0) is 43.0 Å². The zero-order valence-electron chi connectivity index (χ0n) is 30.2. The molecule has 1 fully saturated rings. The lowest BCUT2D eigenvalue weighted by atomic mass is 9.98. The smallest absolute Gasteiger partial charge is 0.348 e. The van der Waals surface area contributed by atoms with Crippen LogP contribution >= 0.6 is 0 Å². The molecule has 1 aliphatic heterocycles. The summed E-state index contributed by atoms with van der Waals surface area (Å²) < 4.78 is 17.2. The minimum absolute atomic E-state index is 0.0414. The van der Waals surface area contributed by atoms with Gasteiger partial charge in [0, 0.05) is 7.05 Å². The highest BCUT2D eigenvalue weighted by Crippen LogP contribution is 2.22. The van der Waals surface area contributed by atoms with Crippen molar-refractivity contribution >= 4 is 35.6 Å². The number of carbonyl (C=O) groups is 6. The van der Waals surface area contributed by atoms with Crippen molar-refractivity contribution in [1.29, 1.82) is 0 Å². The number of hydrogen-bond acceptors (Lipinski definition) is 9. The van der Waals surface area contributed by atoms with Gasteiger partial charge in [-0.2, -0.15) is 0 Å². The number of esters is 3. The molecule has 0 aromatic heterocycles. The van der Waals surface area contributed by atoms with Gasteiger partial charge >= 0.3 is 17.9 Å². The highest BCUT2D eigenvalue weighted by Gasteiger charge is 2.41. The van der Waals surface area contributed by atoms with Gasteiger partial charge in [-0.1, -0.05) is 83.1 Å². The van der Waals surface area contributed by atoms with Crippen LogP contribution in [0.4, 0.5) is 0 Å². The van der Waals surface area contributed by atoms with E-state index in [1.807, 2.05) is 41.5 Å². The van der Waals surface area contributed by atoms with E-state index in [0.717, 1.165) is 0 Å². The zero-order valence-corrected chi connectivity index (χ0v) is 30.2. The Morgan fingerprint density at radius 3 is 1.52 bits per heavy atom. The van der Waals surface area contributed by atoms with Gasteiger partial charge in [0.2, 0.25) is 5.91 Å². The van der Waals surface area contributed by atoms with Crippen LogP contribution in [-0.4, -0.2) is 84.0 Å². The number of rotatable bonds is 9. The largest absolute Gasteiger partial charge is 0.450 e. The summed E-state index contributed by atoms with van der Waals surface area (Å²) in [5.41, 5.74) is 0. The molecule has 6 atom stereocenters. The summed E-state index contributed by atoms with van der Waals surface area (Å²) in [6.45, 7) is 21.5. The lowest BCUT2D eigenvalue weighted by molar-refractivity contribution is -0.181. The number of amides is 3. The van der Waals surface area contributed by atoms with Crippen molar-refractivity contribution in [2.75, 3.05) is 7.05 Å². The lowest BCUT2D eigenvalue weighted by Gasteiger charge is -2.34. The molecular formula is C34H59N3O9. The Balaban J connectivity index is 3.81. The monoisotopic (exact) mass is 653 g/mol. The van der Waals surface area contributed by atoms with Crippen LogP contribution in [0, 0.1) is 35.5 Å². The maximum absolute atomic E-state index is 13.9. The van der Waals surface area contributed by atoms with Crippen molar-refractivity contribution in [3.05, 3.63) is 0 Å². The second-order valence-electron chi connectivity index (χ2n) is 14.8. The average Bonchev–Trinajstić information content (AvgIpc) is 2.92. The van der Waals surface area contributed by atoms with E-state index in [0.29, 0.717) is 0 Å². The average molecular weight is 654 g/mol. The van der Waals surface area contributed by atoms with E-state index in [4.69, 9.17) is 14.2 Å². The van der Waals surface area contributed by atoms with Crippen LogP contribution < -0.4 is 10.6 Å². The molecule has 0 bridgehead atoms. The van der Waals surface area contributed by atoms with Crippen molar-refractivity contribution in [1.82, 2.24) is 15.5 Å². The van der Waals surface area contributed by atoms with Crippen LogP contribution in [0.2, 0.25) is 0 Å². The summed E-state index contributed by atoms with van der Waals surface area (Å²) in [5.74, 6) is -5.97. The normalized spacial score (nSPS) is 26.7. The molecule has 264 valence electrons. The topological polar surface area (TPSA) is 157 Å². The molecule has 0 aromatic carbocycles. The number of likely N-dealkylation sites (N-methyl/N-ethyl adjacent to an activating group) is 1. The van der Waals surface area contributed by atoms with Gasteiger partial charge < -0.3 is 29.7 Å². The van der Waals surface area contributed by atoms with Gasteiger partial charge in [-0.3, -0.25) is 14.4 Å². The third kappa shape index (κ3) is 12.2. The van der Waals surface area contributed by atoms with Crippen molar-refractivity contribution in [3.63, 3.8) is 0 Å². The molecule has 1 saturated heterocycles. The first kappa shape index (κ1) is 40.8. The highest BCUT2D eigenvalue weighted by atomic mass is 16.6. The fourth-order valence-corrected chi connectivity index (χ4v) is 5.14. The number of nitrogens with one attached hydrogen (secondary N) is 2. The molecule has 1 rings (SSSR count). The molecule has 0 aromatic rings. The fourth-order valence-electron chi connectivity index (χ4n) is 5.14. The van der Waals surface area contributed by atoms with Crippen molar-refractivity contribution in [2.45, 2.75) is 139 Å². The lowest BCUT2D eigenvalue weighted by Crippen LogP contribution is -2.57. The summed E-state index contributed by atoms with van der Waals surface area (Å²) in [7, 11) is 1.43. The molecule has 12 heteroatoms. The van der Waals surface area contributed by atoms with E-state index < -0.39 is 89.8 Å². The molecule has 12 nitrogen and oxygen atoms in total. The van der Waals surface area contributed by atoms with E-state index in [9.17, 15) is 28.8 Å². The van der Waals surface area contributed by atoms with Crippen LogP contribution in [0.25, 0.3) is 0 Å². The molecular weight excluding hydrogens is 594 g/mol. The molecule has 46 heavy (non-hydrogen) atoms. The maximum Gasteiger partial charge on any atom is 0.348 e. The third-order valence-corrected chi connectivity index (χ3v) is 7.74. The van der Waals surface area contributed by atoms with Gasteiger partial charge in [-0.25, -0.2) is 14.4 Å². The first-order chi connectivity index (χ1) is 21.2. The van der Waals surface area contributed by atoms with Gasteiger partial charge in [0.15, 0.2) is 18.3 Å². The Labute approximate surface area is 275 Å². The Morgan fingerprint density at radius 2 is 1.07 bits per heavy atom. The van der Waals surface area contributed by atoms with Gasteiger partial charge in [-0.05, 0) is 54.8 Å². The molecule has 3 amide bonds. The second-order valence-corrected chi connectivity index (χ2v) is 14.8. The van der Waals surface area contributed by atoms with Crippen LogP contribution in [0.5, 0.6) is 0 Å². The van der Waals surface area contributed by atoms with Crippen molar-refractivity contribution in [3.8, 4) is 0 Å². The zero-order chi connectivity index (χ0) is 35.6. The number of nitrogens with zero attached hydrogens (tertiary/aromatic N) is 1. The maximum atomic E-state index is 13.9. The Kier molecular flexibility index (Phi) is 16.2. The van der Waals surface area contributed by atoms with Crippen molar-refractivity contribution in [2.24, 2.45) is 35.5 Å². The SMILES string of the molecule is CC(C)CC1NC(=O)C(C(C)C)NC(=O)C(C(C)C)OC(=O)C(CC(C)C)N(C)C(=O)C(C(C)C)OC(=O)C(CC(C)C)OC1=O. The van der Waals surface area contributed by atoms with E-state index in [2.05, 4.69) is 10.6 Å². The number of carbonyl (C=O) groups excluding carboxylic acids is 6. The van der Waals surface area contributed by atoms with E-state index >= 15 is 0 Å². The van der Waals surface area contributed by atoms with Gasteiger partial charge in [0.1, 0.15) is 18.1 Å². The van der Waals surface area contributed by atoms with Gasteiger partial charge in [-0.15, -0.1) is 0 Å². The number of ether oxygens (including phenoxy) is 3. The molecule has 1 aliphatic rings. The predicted molar refractivity (Wildman–Crippen MR) is 173 cm³/mol. The standard InChI is InChI=1S/C34H59N3O9/c1-17(2)14-23-32(41)44-25(16-19(5)6)34(43)46-28(22(11)12)31(40)37(13)24(15-18(3)4)33(42)45-27(21(9)10)30(39)36-26(20(7)8)29(38)35-23/h17-28H,14-16H2,1-13H3,(H,35,38)(H,36,39). The molecule has 0 saturated carbocycles. The Hall–Kier alpha value is -3.18. The molecule has 6 unspecified atom stereocenters. The number of hydrogen-bond donors (Lipinski definition) is 2. The van der Waals surface area contributed by atoms with E-state index in [1.54, 1.807) is 41.5 Å². The third-order valence-electron chi connectivity index (χ3n) is 7.74. The molecule has 0 aliphatic carbocycles. The number of cyclic esters (lactones) is 3. The summed E-state index contributed by atoms with van der Waals surface area (Å²) >= 11 is 0. The molecule has 1 heterocycles. The van der Waals surface area contributed by atoms with E-state index in [-0.39, 0.29) is 37.0 Å². The summed E-state index contributed by atoms with van der Waals surface area (Å²) in [4.78, 5) is 83.1. The summed E-state index contributed by atoms with van der Waals surface area (Å²) in [6, 6.07) is -3.30. The minimum atomic E-state index is -1.35. The minimum Gasteiger partial charge on any atom is -0.450 e.